The van der Waals surface area contributed by atoms with Gasteiger partial charge in [-0.25, -0.2) is 12.7 Å². The van der Waals surface area contributed by atoms with Crippen molar-refractivity contribution in [1.82, 2.24) is 4.31 Å². The summed E-state index contributed by atoms with van der Waals surface area (Å²) in [7, 11) is -3.19. The first-order chi connectivity index (χ1) is 7.52. The molecule has 0 aromatic heterocycles. The molecule has 0 amide bonds. The highest BCUT2D eigenvalue weighted by Crippen LogP contribution is 2.25. The van der Waals surface area contributed by atoms with Gasteiger partial charge in [-0.2, -0.15) is 0 Å². The molecule has 1 atom stereocenters. The van der Waals surface area contributed by atoms with E-state index in [0.717, 1.165) is 6.42 Å². The summed E-state index contributed by atoms with van der Waals surface area (Å²) in [5.41, 5.74) is -0.945. The zero-order chi connectivity index (χ0) is 13.3. The van der Waals surface area contributed by atoms with Gasteiger partial charge in [-0.05, 0) is 31.6 Å². The second-order valence-electron chi connectivity index (χ2n) is 6.57. The molecule has 0 radical (unpaired) electrons. The summed E-state index contributed by atoms with van der Waals surface area (Å²) in [4.78, 5) is 0. The predicted molar refractivity (Wildman–Crippen MR) is 69.3 cm³/mol. The lowest BCUT2D eigenvalue weighted by molar-refractivity contribution is 0.0465. The van der Waals surface area contributed by atoms with E-state index in [-0.39, 0.29) is 11.2 Å². The van der Waals surface area contributed by atoms with Gasteiger partial charge in [-0.3, -0.25) is 0 Å². The number of hydrogen-bond donors (Lipinski definition) is 1. The van der Waals surface area contributed by atoms with E-state index in [1.807, 2.05) is 20.8 Å². The molecular weight excluding hydrogens is 238 g/mol. The third kappa shape index (κ3) is 4.94. The van der Waals surface area contributed by atoms with Crippen LogP contribution in [-0.2, 0) is 10.0 Å². The fourth-order valence-corrected chi connectivity index (χ4v) is 4.21. The Balaban J connectivity index is 2.73. The molecule has 0 spiro atoms. The van der Waals surface area contributed by atoms with Gasteiger partial charge in [0.1, 0.15) is 0 Å². The van der Waals surface area contributed by atoms with Crippen LogP contribution in [0.2, 0.25) is 0 Å². The lowest BCUT2D eigenvalue weighted by atomic mass is 9.98. The fourth-order valence-electron chi connectivity index (χ4n) is 2.16. The predicted octanol–water partition coefficient (Wildman–Crippen LogP) is 1.60. The van der Waals surface area contributed by atoms with Crippen molar-refractivity contribution in [1.29, 1.82) is 0 Å². The van der Waals surface area contributed by atoms with E-state index in [1.165, 1.54) is 0 Å². The molecule has 102 valence electrons. The summed E-state index contributed by atoms with van der Waals surface area (Å²) in [5.74, 6) is 0.169. The van der Waals surface area contributed by atoms with Crippen molar-refractivity contribution in [3.8, 4) is 0 Å². The van der Waals surface area contributed by atoms with Crippen molar-refractivity contribution in [3.63, 3.8) is 0 Å². The molecule has 0 aliphatic carbocycles. The molecule has 1 fully saturated rings. The molecule has 17 heavy (non-hydrogen) atoms. The fraction of sp³-hybridized carbons (Fsp3) is 1.00. The second kappa shape index (κ2) is 4.86. The molecule has 5 heteroatoms. The van der Waals surface area contributed by atoms with Crippen LogP contribution in [0.15, 0.2) is 0 Å². The molecular formula is C12H25NO3S. The number of hydrogen-bond acceptors (Lipinski definition) is 3. The van der Waals surface area contributed by atoms with Gasteiger partial charge < -0.3 is 5.11 Å². The number of nitrogens with zero attached hydrogens (tertiary/aromatic N) is 1. The topological polar surface area (TPSA) is 57.6 Å². The first-order valence-corrected chi connectivity index (χ1v) is 7.83. The van der Waals surface area contributed by atoms with Crippen LogP contribution >= 0.6 is 0 Å². The van der Waals surface area contributed by atoms with E-state index in [1.54, 1.807) is 11.2 Å². The Kier molecular flexibility index (Phi) is 4.27. The molecule has 1 aliphatic heterocycles. The SMILES string of the molecule is CC(C)(C)CS(=O)(=O)N1CCCC(C)(O)CC1. The lowest BCUT2D eigenvalue weighted by Gasteiger charge is -2.26. The Hall–Kier alpha value is -0.130. The van der Waals surface area contributed by atoms with Gasteiger partial charge in [-0.1, -0.05) is 20.8 Å². The highest BCUT2D eigenvalue weighted by atomic mass is 32.2. The zero-order valence-electron chi connectivity index (χ0n) is 11.4. The lowest BCUT2D eigenvalue weighted by Crippen LogP contribution is -2.38. The van der Waals surface area contributed by atoms with Crippen LogP contribution in [-0.4, -0.2) is 42.3 Å². The van der Waals surface area contributed by atoms with Gasteiger partial charge in [0.15, 0.2) is 0 Å². The molecule has 1 aliphatic rings. The standard InChI is InChI=1S/C12H25NO3S/c1-11(2,3)10-17(15,16)13-8-5-6-12(4,14)7-9-13/h14H,5-10H2,1-4H3. The van der Waals surface area contributed by atoms with E-state index in [9.17, 15) is 13.5 Å². The molecule has 0 saturated carbocycles. The third-order valence-corrected chi connectivity index (χ3v) is 5.41. The van der Waals surface area contributed by atoms with Crippen LogP contribution in [0.3, 0.4) is 0 Å². The Morgan fingerprint density at radius 1 is 1.24 bits per heavy atom. The molecule has 1 heterocycles. The van der Waals surface area contributed by atoms with Crippen molar-refractivity contribution >= 4 is 10.0 Å². The summed E-state index contributed by atoms with van der Waals surface area (Å²) < 4.78 is 26.0. The first kappa shape index (κ1) is 14.9. The minimum atomic E-state index is -3.19. The Bertz CT molecular complexity index is 354. The molecule has 1 rings (SSSR count). The molecule has 1 saturated heterocycles. The van der Waals surface area contributed by atoms with Crippen molar-refractivity contribution < 1.29 is 13.5 Å². The molecule has 1 unspecified atom stereocenters. The van der Waals surface area contributed by atoms with Gasteiger partial charge >= 0.3 is 0 Å². The van der Waals surface area contributed by atoms with E-state index < -0.39 is 15.6 Å². The maximum absolute atomic E-state index is 12.2. The Morgan fingerprint density at radius 3 is 2.35 bits per heavy atom. The van der Waals surface area contributed by atoms with E-state index in [2.05, 4.69) is 0 Å². The molecule has 0 aromatic rings. The average Bonchev–Trinajstić information content (AvgIpc) is 2.21. The molecule has 0 bridgehead atoms. The quantitative estimate of drug-likeness (QED) is 0.823. The van der Waals surface area contributed by atoms with Crippen molar-refractivity contribution in [2.45, 2.75) is 52.6 Å². The summed E-state index contributed by atoms with van der Waals surface area (Å²) >= 11 is 0. The van der Waals surface area contributed by atoms with Crippen LogP contribution in [0.5, 0.6) is 0 Å². The maximum Gasteiger partial charge on any atom is 0.214 e. The van der Waals surface area contributed by atoms with Crippen molar-refractivity contribution in [2.75, 3.05) is 18.8 Å². The molecule has 4 nitrogen and oxygen atoms in total. The minimum absolute atomic E-state index is 0.169. The van der Waals surface area contributed by atoms with Crippen LogP contribution in [0.4, 0.5) is 0 Å². The largest absolute Gasteiger partial charge is 0.390 e. The maximum atomic E-state index is 12.2. The van der Waals surface area contributed by atoms with Crippen LogP contribution in [0.25, 0.3) is 0 Å². The van der Waals surface area contributed by atoms with Gasteiger partial charge in [0, 0.05) is 13.1 Å². The van der Waals surface area contributed by atoms with Gasteiger partial charge in [0.25, 0.3) is 0 Å². The zero-order valence-corrected chi connectivity index (χ0v) is 12.2. The monoisotopic (exact) mass is 263 g/mol. The Labute approximate surface area is 105 Å². The number of aliphatic hydroxyl groups is 1. The summed E-state index contributed by atoms with van der Waals surface area (Å²) in [6.07, 6.45) is 1.93. The summed E-state index contributed by atoms with van der Waals surface area (Å²) in [5, 5.41) is 9.95. The Morgan fingerprint density at radius 2 is 1.82 bits per heavy atom. The summed E-state index contributed by atoms with van der Waals surface area (Å²) in [6, 6.07) is 0. The van der Waals surface area contributed by atoms with Crippen molar-refractivity contribution in [2.24, 2.45) is 5.41 Å². The van der Waals surface area contributed by atoms with Crippen LogP contribution in [0.1, 0.15) is 47.0 Å². The molecule has 0 aromatic carbocycles. The van der Waals surface area contributed by atoms with E-state index in [4.69, 9.17) is 0 Å². The average molecular weight is 263 g/mol. The van der Waals surface area contributed by atoms with Gasteiger partial charge in [0.05, 0.1) is 11.4 Å². The normalized spacial score (nSPS) is 29.0. The smallest absolute Gasteiger partial charge is 0.214 e. The third-order valence-electron chi connectivity index (χ3n) is 3.03. The highest BCUT2D eigenvalue weighted by Gasteiger charge is 2.32. The van der Waals surface area contributed by atoms with Gasteiger partial charge in [0.2, 0.25) is 10.0 Å². The minimum Gasteiger partial charge on any atom is -0.390 e. The molecule has 1 N–H and O–H groups in total. The highest BCUT2D eigenvalue weighted by molar-refractivity contribution is 7.89. The van der Waals surface area contributed by atoms with Crippen molar-refractivity contribution in [3.05, 3.63) is 0 Å². The first-order valence-electron chi connectivity index (χ1n) is 6.22. The van der Waals surface area contributed by atoms with Crippen LogP contribution < -0.4 is 0 Å². The summed E-state index contributed by atoms with van der Waals surface area (Å²) in [6.45, 7) is 8.54. The number of sulfonamides is 1. The van der Waals surface area contributed by atoms with E-state index >= 15 is 0 Å². The van der Waals surface area contributed by atoms with Gasteiger partial charge in [-0.15, -0.1) is 0 Å². The van der Waals surface area contributed by atoms with Crippen LogP contribution in [0, 0.1) is 5.41 Å². The number of rotatable bonds is 2. The van der Waals surface area contributed by atoms with E-state index in [0.29, 0.717) is 25.9 Å². The second-order valence-corrected chi connectivity index (χ2v) is 8.54.